The van der Waals surface area contributed by atoms with Crippen LogP contribution in [0.25, 0.3) is 0 Å². The predicted molar refractivity (Wildman–Crippen MR) is 61.6 cm³/mol. The maximum absolute atomic E-state index is 13.3. The van der Waals surface area contributed by atoms with Crippen LogP contribution < -0.4 is 4.90 Å². The summed E-state index contributed by atoms with van der Waals surface area (Å²) in [6, 6.07) is 3.88. The maximum Gasteiger partial charge on any atom is 0.294 e. The number of rotatable bonds is 4. The Balaban J connectivity index is 3.17. The lowest BCUT2D eigenvalue weighted by Crippen LogP contribution is -2.19. The maximum atomic E-state index is 13.3. The number of nitro benzene ring substituents is 1. The highest BCUT2D eigenvalue weighted by Gasteiger charge is 2.20. The van der Waals surface area contributed by atoms with Crippen LogP contribution >= 0.6 is 11.6 Å². The van der Waals surface area contributed by atoms with Crippen LogP contribution in [0.2, 0.25) is 5.02 Å². The molecule has 7 heteroatoms. The van der Waals surface area contributed by atoms with Gasteiger partial charge in [0.2, 0.25) is 0 Å². The van der Waals surface area contributed by atoms with Gasteiger partial charge in [-0.2, -0.15) is 5.26 Å². The minimum atomic E-state index is -0.726. The predicted octanol–water partition coefficient (Wildman–Crippen LogP) is 2.74. The number of nitriles is 1. The molecular formula is C10H9ClFN3O2. The van der Waals surface area contributed by atoms with Crippen LogP contribution in [0.1, 0.15) is 6.42 Å². The van der Waals surface area contributed by atoms with Crippen molar-refractivity contribution in [2.75, 3.05) is 18.5 Å². The summed E-state index contributed by atoms with van der Waals surface area (Å²) in [5.41, 5.74) is -0.177. The molecule has 1 rings (SSSR count). The Morgan fingerprint density at radius 1 is 1.65 bits per heavy atom. The Morgan fingerprint density at radius 3 is 2.82 bits per heavy atom. The fourth-order valence-corrected chi connectivity index (χ4v) is 1.47. The summed E-state index contributed by atoms with van der Waals surface area (Å²) in [7, 11) is 1.55. The van der Waals surface area contributed by atoms with Crippen molar-refractivity contribution in [3.63, 3.8) is 0 Å². The van der Waals surface area contributed by atoms with Gasteiger partial charge >= 0.3 is 0 Å². The summed E-state index contributed by atoms with van der Waals surface area (Å²) in [6.45, 7) is 0.276. The first-order chi connectivity index (χ1) is 7.97. The van der Waals surface area contributed by atoms with Crippen molar-refractivity contribution in [3.05, 3.63) is 33.1 Å². The second-order valence-corrected chi connectivity index (χ2v) is 3.75. The van der Waals surface area contributed by atoms with Gasteiger partial charge in [-0.25, -0.2) is 4.39 Å². The molecule has 0 amide bonds. The Kier molecular flexibility index (Phi) is 4.24. The fraction of sp³-hybridized carbons (Fsp3) is 0.300. The van der Waals surface area contributed by atoms with E-state index >= 15 is 0 Å². The van der Waals surface area contributed by atoms with Crippen LogP contribution in [0.5, 0.6) is 0 Å². The van der Waals surface area contributed by atoms with E-state index in [0.717, 1.165) is 12.1 Å². The average Bonchev–Trinajstić information content (AvgIpc) is 2.28. The van der Waals surface area contributed by atoms with Crippen LogP contribution in [0.15, 0.2) is 12.1 Å². The van der Waals surface area contributed by atoms with Crippen LogP contribution in [0.3, 0.4) is 0 Å². The van der Waals surface area contributed by atoms with E-state index in [2.05, 4.69) is 0 Å². The topological polar surface area (TPSA) is 70.2 Å². The van der Waals surface area contributed by atoms with E-state index in [9.17, 15) is 14.5 Å². The quantitative estimate of drug-likeness (QED) is 0.614. The highest BCUT2D eigenvalue weighted by molar-refractivity contribution is 6.31. The molecule has 0 aliphatic heterocycles. The summed E-state index contributed by atoms with van der Waals surface area (Å²) in [5, 5.41) is 18.9. The molecule has 0 atom stereocenters. The number of nitro groups is 1. The Morgan fingerprint density at radius 2 is 2.29 bits per heavy atom. The first-order valence-electron chi connectivity index (χ1n) is 4.69. The zero-order valence-electron chi connectivity index (χ0n) is 8.98. The molecular weight excluding hydrogens is 249 g/mol. The molecule has 0 saturated heterocycles. The summed E-state index contributed by atoms with van der Waals surface area (Å²) in [5.74, 6) is -0.726. The molecule has 0 spiro atoms. The van der Waals surface area contributed by atoms with Crippen molar-refractivity contribution < 1.29 is 9.31 Å². The van der Waals surface area contributed by atoms with Crippen molar-refractivity contribution in [1.29, 1.82) is 5.26 Å². The van der Waals surface area contributed by atoms with E-state index in [0.29, 0.717) is 0 Å². The molecule has 17 heavy (non-hydrogen) atoms. The van der Waals surface area contributed by atoms with Gasteiger partial charge in [-0.1, -0.05) is 11.6 Å². The number of benzene rings is 1. The van der Waals surface area contributed by atoms with Crippen molar-refractivity contribution >= 4 is 23.0 Å². The highest BCUT2D eigenvalue weighted by Crippen LogP contribution is 2.32. The molecule has 0 heterocycles. The third kappa shape index (κ3) is 3.04. The third-order valence-corrected chi connectivity index (χ3v) is 2.47. The Labute approximate surface area is 102 Å². The van der Waals surface area contributed by atoms with Crippen LogP contribution in [-0.4, -0.2) is 18.5 Å². The van der Waals surface area contributed by atoms with Gasteiger partial charge < -0.3 is 4.90 Å². The van der Waals surface area contributed by atoms with Crippen molar-refractivity contribution in [2.45, 2.75) is 6.42 Å². The molecule has 1 aromatic carbocycles. The van der Waals surface area contributed by atoms with Gasteiger partial charge in [-0.3, -0.25) is 10.1 Å². The Hall–Kier alpha value is -1.87. The third-order valence-electron chi connectivity index (χ3n) is 2.18. The van der Waals surface area contributed by atoms with Crippen molar-refractivity contribution in [2.24, 2.45) is 0 Å². The highest BCUT2D eigenvalue weighted by atomic mass is 35.5. The standard InChI is InChI=1S/C10H9ClFN3O2/c1-14(4-2-3-13)9-6-8(12)7(11)5-10(9)15(16)17/h5-6H,2,4H2,1H3. The van der Waals surface area contributed by atoms with Crippen LogP contribution in [0.4, 0.5) is 15.8 Å². The number of nitrogens with zero attached hydrogens (tertiary/aromatic N) is 3. The molecule has 0 unspecified atom stereocenters. The van der Waals surface area contributed by atoms with E-state index in [-0.39, 0.29) is 29.4 Å². The second kappa shape index (κ2) is 5.46. The summed E-state index contributed by atoms with van der Waals surface area (Å²) < 4.78 is 13.3. The van der Waals surface area contributed by atoms with Gasteiger partial charge in [0.05, 0.1) is 22.4 Å². The van der Waals surface area contributed by atoms with Gasteiger partial charge in [0, 0.05) is 25.7 Å². The summed E-state index contributed by atoms with van der Waals surface area (Å²) in [4.78, 5) is 11.6. The summed E-state index contributed by atoms with van der Waals surface area (Å²) >= 11 is 5.49. The smallest absolute Gasteiger partial charge is 0.294 e. The van der Waals surface area contributed by atoms with E-state index in [1.54, 1.807) is 7.05 Å². The molecule has 0 bridgehead atoms. The molecule has 90 valence electrons. The molecule has 0 aliphatic carbocycles. The molecule has 0 radical (unpaired) electrons. The number of halogens is 2. The number of anilines is 1. The van der Waals surface area contributed by atoms with Crippen LogP contribution in [-0.2, 0) is 0 Å². The fourth-order valence-electron chi connectivity index (χ4n) is 1.32. The van der Waals surface area contributed by atoms with E-state index in [4.69, 9.17) is 16.9 Å². The van der Waals surface area contributed by atoms with Gasteiger partial charge in [0.15, 0.2) is 0 Å². The van der Waals surface area contributed by atoms with Gasteiger partial charge in [-0.05, 0) is 0 Å². The van der Waals surface area contributed by atoms with Gasteiger partial charge in [0.1, 0.15) is 11.5 Å². The summed E-state index contributed by atoms with van der Waals surface area (Å²) in [6.07, 6.45) is 0.192. The normalized spacial score (nSPS) is 9.76. The largest absolute Gasteiger partial charge is 0.368 e. The zero-order chi connectivity index (χ0) is 13.0. The first kappa shape index (κ1) is 13.2. The number of hydrogen-bond acceptors (Lipinski definition) is 4. The molecule has 0 N–H and O–H groups in total. The lowest BCUT2D eigenvalue weighted by molar-refractivity contribution is -0.384. The molecule has 5 nitrogen and oxygen atoms in total. The minimum absolute atomic E-state index is 0.104. The van der Waals surface area contributed by atoms with Crippen molar-refractivity contribution in [3.8, 4) is 6.07 Å². The van der Waals surface area contributed by atoms with Gasteiger partial charge in [0.25, 0.3) is 5.69 Å². The first-order valence-corrected chi connectivity index (χ1v) is 5.06. The molecule has 0 saturated carbocycles. The number of hydrogen-bond donors (Lipinski definition) is 0. The monoisotopic (exact) mass is 257 g/mol. The molecule has 0 fully saturated rings. The van der Waals surface area contributed by atoms with E-state index in [1.165, 1.54) is 4.90 Å². The minimum Gasteiger partial charge on any atom is -0.368 e. The second-order valence-electron chi connectivity index (χ2n) is 3.34. The van der Waals surface area contributed by atoms with E-state index < -0.39 is 10.7 Å². The van der Waals surface area contributed by atoms with E-state index in [1.807, 2.05) is 6.07 Å². The molecule has 0 aromatic heterocycles. The average molecular weight is 258 g/mol. The zero-order valence-corrected chi connectivity index (χ0v) is 9.74. The molecule has 1 aromatic rings. The Bertz CT molecular complexity index is 487. The van der Waals surface area contributed by atoms with Crippen molar-refractivity contribution in [1.82, 2.24) is 0 Å². The lowest BCUT2D eigenvalue weighted by Gasteiger charge is -2.17. The molecule has 0 aliphatic rings. The van der Waals surface area contributed by atoms with Crippen LogP contribution in [0, 0.1) is 27.3 Å². The lowest BCUT2D eigenvalue weighted by atomic mass is 10.2. The SMILES string of the molecule is CN(CCC#N)c1cc(F)c(Cl)cc1[N+](=O)[O-]. The van der Waals surface area contributed by atoms with Gasteiger partial charge in [-0.15, -0.1) is 0 Å².